The summed E-state index contributed by atoms with van der Waals surface area (Å²) >= 11 is 0. The summed E-state index contributed by atoms with van der Waals surface area (Å²) in [6, 6.07) is 13.8. The number of fused-ring (bicyclic) bond motifs is 1. The van der Waals surface area contributed by atoms with Crippen LogP contribution in [0.25, 0.3) is 22.6 Å². The van der Waals surface area contributed by atoms with Crippen molar-refractivity contribution < 1.29 is 4.79 Å². The highest BCUT2D eigenvalue weighted by atomic mass is 16.1. The molecule has 0 spiro atoms. The standard InChI is InChI=1S/C25H25N7O/c1-4-31-16-22(18(3)29-31)23-10-11-26-24-21(15-27-32(23)24)25(33)28-17(2)19-8-7-9-20(14-19)30-12-5-6-13-30/h5-17H,4H2,1-3H3,(H,28,33). The Morgan fingerprint density at radius 1 is 1.15 bits per heavy atom. The van der Waals surface area contributed by atoms with Crippen molar-refractivity contribution in [2.75, 3.05) is 0 Å². The van der Waals surface area contributed by atoms with Gasteiger partial charge in [-0.15, -0.1) is 0 Å². The fraction of sp³-hybridized carbons (Fsp3) is 0.200. The fourth-order valence-corrected chi connectivity index (χ4v) is 4.01. The van der Waals surface area contributed by atoms with Crippen LogP contribution in [0.3, 0.4) is 0 Å². The van der Waals surface area contributed by atoms with E-state index in [1.54, 1.807) is 16.9 Å². The summed E-state index contributed by atoms with van der Waals surface area (Å²) < 4.78 is 5.63. The predicted molar refractivity (Wildman–Crippen MR) is 126 cm³/mol. The molecule has 33 heavy (non-hydrogen) atoms. The molecule has 0 saturated carbocycles. The summed E-state index contributed by atoms with van der Waals surface area (Å²) in [7, 11) is 0. The summed E-state index contributed by atoms with van der Waals surface area (Å²) in [6.07, 6.45) is 9.26. The van der Waals surface area contributed by atoms with Crippen molar-refractivity contribution in [3.63, 3.8) is 0 Å². The number of nitrogens with one attached hydrogen (secondary N) is 1. The maximum atomic E-state index is 13.2. The van der Waals surface area contributed by atoms with Crippen LogP contribution in [0, 0.1) is 6.92 Å². The number of nitrogens with zero attached hydrogens (tertiary/aromatic N) is 6. The van der Waals surface area contributed by atoms with Crippen molar-refractivity contribution in [1.29, 1.82) is 0 Å². The minimum atomic E-state index is -0.213. The molecule has 8 heteroatoms. The van der Waals surface area contributed by atoms with Crippen molar-refractivity contribution in [2.45, 2.75) is 33.4 Å². The van der Waals surface area contributed by atoms with Crippen LogP contribution in [0.15, 0.2) is 73.4 Å². The summed E-state index contributed by atoms with van der Waals surface area (Å²) in [4.78, 5) is 17.6. The van der Waals surface area contributed by atoms with Crippen molar-refractivity contribution in [1.82, 2.24) is 34.3 Å². The smallest absolute Gasteiger partial charge is 0.257 e. The van der Waals surface area contributed by atoms with E-state index in [4.69, 9.17) is 0 Å². The Morgan fingerprint density at radius 2 is 1.97 bits per heavy atom. The first-order valence-electron chi connectivity index (χ1n) is 11.0. The molecule has 166 valence electrons. The highest BCUT2D eigenvalue weighted by molar-refractivity contribution is 6.00. The molecular weight excluding hydrogens is 414 g/mol. The Balaban J connectivity index is 1.42. The summed E-state index contributed by atoms with van der Waals surface area (Å²) in [6.45, 7) is 6.77. The number of hydrogen-bond donors (Lipinski definition) is 1. The second kappa shape index (κ2) is 8.38. The van der Waals surface area contributed by atoms with Gasteiger partial charge in [0, 0.05) is 42.6 Å². The van der Waals surface area contributed by atoms with E-state index < -0.39 is 0 Å². The molecule has 5 aromatic rings. The van der Waals surface area contributed by atoms with Crippen LogP contribution in [-0.4, -0.2) is 34.9 Å². The third-order valence-corrected chi connectivity index (χ3v) is 5.81. The zero-order chi connectivity index (χ0) is 22.9. The minimum absolute atomic E-state index is 0.184. The molecule has 1 atom stereocenters. The molecule has 0 radical (unpaired) electrons. The molecule has 8 nitrogen and oxygen atoms in total. The van der Waals surface area contributed by atoms with Gasteiger partial charge in [-0.2, -0.15) is 10.2 Å². The monoisotopic (exact) mass is 439 g/mol. The van der Waals surface area contributed by atoms with Gasteiger partial charge in [-0.05, 0) is 56.7 Å². The normalized spacial score (nSPS) is 12.2. The van der Waals surface area contributed by atoms with E-state index in [9.17, 15) is 4.79 Å². The Kier molecular flexibility index (Phi) is 5.26. The quantitative estimate of drug-likeness (QED) is 0.430. The van der Waals surface area contributed by atoms with Crippen LogP contribution >= 0.6 is 0 Å². The van der Waals surface area contributed by atoms with Gasteiger partial charge in [0.05, 0.1) is 23.6 Å². The molecule has 4 aromatic heterocycles. The second-order valence-electron chi connectivity index (χ2n) is 7.99. The largest absolute Gasteiger partial charge is 0.345 e. The summed E-state index contributed by atoms with van der Waals surface area (Å²) in [5.41, 5.74) is 5.74. The van der Waals surface area contributed by atoms with Gasteiger partial charge in [-0.3, -0.25) is 9.48 Å². The molecule has 0 aliphatic carbocycles. The summed E-state index contributed by atoms with van der Waals surface area (Å²) in [5, 5.41) is 12.1. The van der Waals surface area contributed by atoms with Gasteiger partial charge >= 0.3 is 0 Å². The van der Waals surface area contributed by atoms with Gasteiger partial charge < -0.3 is 9.88 Å². The van der Waals surface area contributed by atoms with Gasteiger partial charge in [-0.25, -0.2) is 9.50 Å². The number of aromatic nitrogens is 6. The zero-order valence-corrected chi connectivity index (χ0v) is 18.8. The van der Waals surface area contributed by atoms with Crippen LogP contribution in [0.5, 0.6) is 0 Å². The molecule has 0 aliphatic heterocycles. The Labute approximate surface area is 191 Å². The van der Waals surface area contributed by atoms with Crippen LogP contribution < -0.4 is 5.32 Å². The SMILES string of the molecule is CCn1cc(-c2ccnc3c(C(=O)NC(C)c4cccc(-n5cccc5)c4)cnn23)c(C)n1. The van der Waals surface area contributed by atoms with Crippen LogP contribution in [0.4, 0.5) is 0 Å². The topological polar surface area (TPSA) is 82.0 Å². The molecule has 1 amide bonds. The second-order valence-corrected chi connectivity index (χ2v) is 7.99. The lowest BCUT2D eigenvalue weighted by atomic mass is 10.1. The fourth-order valence-electron chi connectivity index (χ4n) is 4.01. The zero-order valence-electron chi connectivity index (χ0n) is 18.8. The molecule has 0 aliphatic rings. The molecule has 0 saturated heterocycles. The molecular formula is C25H25N7O. The number of amides is 1. The predicted octanol–water partition coefficient (Wildman–Crippen LogP) is 4.20. The maximum Gasteiger partial charge on any atom is 0.257 e. The van der Waals surface area contributed by atoms with E-state index >= 15 is 0 Å². The van der Waals surface area contributed by atoms with E-state index in [2.05, 4.69) is 26.6 Å². The lowest BCUT2D eigenvalue weighted by Gasteiger charge is -2.15. The van der Waals surface area contributed by atoms with Crippen molar-refractivity contribution >= 4 is 11.6 Å². The van der Waals surface area contributed by atoms with Crippen molar-refractivity contribution in [2.24, 2.45) is 0 Å². The van der Waals surface area contributed by atoms with Crippen LogP contribution in [0.2, 0.25) is 0 Å². The number of aryl methyl sites for hydroxylation is 2. The summed E-state index contributed by atoms with van der Waals surface area (Å²) in [5.74, 6) is -0.213. The van der Waals surface area contributed by atoms with E-state index in [0.717, 1.165) is 34.7 Å². The van der Waals surface area contributed by atoms with Gasteiger partial charge in [0.15, 0.2) is 5.65 Å². The van der Waals surface area contributed by atoms with Gasteiger partial charge in [0.1, 0.15) is 5.56 Å². The first-order valence-corrected chi connectivity index (χ1v) is 11.0. The molecule has 5 rings (SSSR count). The van der Waals surface area contributed by atoms with E-state index in [1.807, 2.05) is 85.0 Å². The third-order valence-electron chi connectivity index (χ3n) is 5.81. The van der Waals surface area contributed by atoms with Crippen LogP contribution in [-0.2, 0) is 6.54 Å². The first-order chi connectivity index (χ1) is 16.0. The molecule has 1 unspecified atom stereocenters. The third kappa shape index (κ3) is 3.80. The Bertz CT molecular complexity index is 1430. The van der Waals surface area contributed by atoms with Crippen LogP contribution in [0.1, 0.15) is 41.5 Å². The minimum Gasteiger partial charge on any atom is -0.345 e. The number of carbonyl (C=O) groups excluding carboxylic acids is 1. The average molecular weight is 440 g/mol. The number of carbonyl (C=O) groups is 1. The number of rotatable bonds is 6. The van der Waals surface area contributed by atoms with E-state index in [0.29, 0.717) is 11.2 Å². The van der Waals surface area contributed by atoms with Gasteiger partial charge in [0.25, 0.3) is 5.91 Å². The number of benzene rings is 1. The van der Waals surface area contributed by atoms with Crippen molar-refractivity contribution in [3.05, 3.63) is 90.3 Å². The van der Waals surface area contributed by atoms with Gasteiger partial charge in [0.2, 0.25) is 0 Å². The lowest BCUT2D eigenvalue weighted by Crippen LogP contribution is -2.26. The number of hydrogen-bond acceptors (Lipinski definition) is 4. The first kappa shape index (κ1) is 20.7. The van der Waals surface area contributed by atoms with E-state index in [1.165, 1.54) is 0 Å². The van der Waals surface area contributed by atoms with E-state index in [-0.39, 0.29) is 11.9 Å². The molecule has 0 bridgehead atoms. The molecule has 1 N–H and O–H groups in total. The van der Waals surface area contributed by atoms with Crippen molar-refractivity contribution in [3.8, 4) is 16.9 Å². The molecule has 1 aromatic carbocycles. The van der Waals surface area contributed by atoms with Gasteiger partial charge in [-0.1, -0.05) is 12.1 Å². The highest BCUT2D eigenvalue weighted by Gasteiger charge is 2.20. The Morgan fingerprint density at radius 3 is 2.73 bits per heavy atom. The maximum absolute atomic E-state index is 13.2. The average Bonchev–Trinajstić information content (AvgIpc) is 3.58. The highest BCUT2D eigenvalue weighted by Crippen LogP contribution is 2.24. The molecule has 4 heterocycles. The molecule has 0 fully saturated rings. The Hall–Kier alpha value is -4.20. The lowest BCUT2D eigenvalue weighted by molar-refractivity contribution is 0.0941.